The van der Waals surface area contributed by atoms with Gasteiger partial charge in [-0.05, 0) is 31.5 Å². The molecule has 17 heavy (non-hydrogen) atoms. The van der Waals surface area contributed by atoms with Gasteiger partial charge in [0.2, 0.25) is 0 Å². The fourth-order valence-corrected chi connectivity index (χ4v) is 1.92. The topological polar surface area (TPSA) is 41.6 Å². The molecule has 0 aromatic rings. The summed E-state index contributed by atoms with van der Waals surface area (Å²) in [5.41, 5.74) is 0.626. The number of methoxy groups -OCH3 is 1. The third-order valence-corrected chi connectivity index (χ3v) is 2.92. The van der Waals surface area contributed by atoms with Crippen LogP contribution < -0.4 is 5.32 Å². The Morgan fingerprint density at radius 3 is 2.88 bits per heavy atom. The molecule has 1 heterocycles. The van der Waals surface area contributed by atoms with Gasteiger partial charge < -0.3 is 10.1 Å². The first kappa shape index (κ1) is 14.1. The number of hydrogen-bond acceptors (Lipinski definition) is 3. The lowest BCUT2D eigenvalue weighted by atomic mass is 10.2. The van der Waals surface area contributed by atoms with Gasteiger partial charge in [0.1, 0.15) is 5.70 Å². The lowest BCUT2D eigenvalue weighted by molar-refractivity contribution is -0.122. The number of rotatable bonds is 7. The second-order valence-corrected chi connectivity index (χ2v) is 4.38. The molecule has 0 atom stereocenters. The standard InChI is InChI=1S/C12H20N2O2S/c1-3-4-5-7-10-11(15)14(12(17)13-10)8-6-9-16-2/h7H,3-6,8-9H2,1-2H3,(H,13,17)/b10-7+. The van der Waals surface area contributed by atoms with E-state index in [0.717, 1.165) is 25.7 Å². The molecule has 0 aliphatic carbocycles. The van der Waals surface area contributed by atoms with Crippen LogP contribution in [0.3, 0.4) is 0 Å². The molecule has 0 aromatic carbocycles. The number of unbranched alkanes of at least 4 members (excludes halogenated alkanes) is 2. The van der Waals surface area contributed by atoms with Crippen molar-refractivity contribution in [2.75, 3.05) is 20.3 Å². The SMILES string of the molecule is CCCC/C=C1/NC(=S)N(CCCOC)C1=O. The molecule has 5 heteroatoms. The van der Waals surface area contributed by atoms with Gasteiger partial charge in [-0.15, -0.1) is 0 Å². The Morgan fingerprint density at radius 2 is 2.24 bits per heavy atom. The maximum absolute atomic E-state index is 12.0. The molecule has 1 rings (SSSR count). The molecule has 0 aromatic heterocycles. The van der Waals surface area contributed by atoms with Gasteiger partial charge >= 0.3 is 0 Å². The molecule has 1 saturated heterocycles. The molecule has 96 valence electrons. The second-order valence-electron chi connectivity index (χ2n) is 3.99. The first-order valence-corrected chi connectivity index (χ1v) is 6.43. The minimum Gasteiger partial charge on any atom is -0.385 e. The Hall–Kier alpha value is -0.940. The van der Waals surface area contributed by atoms with Crippen LogP contribution in [-0.2, 0) is 9.53 Å². The van der Waals surface area contributed by atoms with Gasteiger partial charge in [-0.2, -0.15) is 0 Å². The van der Waals surface area contributed by atoms with E-state index in [1.165, 1.54) is 0 Å². The average molecular weight is 256 g/mol. The Morgan fingerprint density at radius 1 is 1.47 bits per heavy atom. The number of allylic oxidation sites excluding steroid dienone is 1. The first-order chi connectivity index (χ1) is 8.20. The number of nitrogens with one attached hydrogen (secondary N) is 1. The van der Waals surface area contributed by atoms with Crippen LogP contribution >= 0.6 is 12.2 Å². The highest BCUT2D eigenvalue weighted by atomic mass is 32.1. The van der Waals surface area contributed by atoms with Gasteiger partial charge in [0.05, 0.1) is 0 Å². The molecule has 0 bridgehead atoms. The molecule has 1 aliphatic rings. The van der Waals surface area contributed by atoms with Crippen LogP contribution in [0.5, 0.6) is 0 Å². The summed E-state index contributed by atoms with van der Waals surface area (Å²) in [6, 6.07) is 0. The minimum atomic E-state index is -0.0118. The van der Waals surface area contributed by atoms with E-state index in [0.29, 0.717) is 24.0 Å². The van der Waals surface area contributed by atoms with Crippen LogP contribution in [0, 0.1) is 0 Å². The monoisotopic (exact) mass is 256 g/mol. The number of carbonyl (C=O) groups excluding carboxylic acids is 1. The highest BCUT2D eigenvalue weighted by molar-refractivity contribution is 7.80. The first-order valence-electron chi connectivity index (χ1n) is 6.02. The Bertz CT molecular complexity index is 316. The quantitative estimate of drug-likeness (QED) is 0.428. The summed E-state index contributed by atoms with van der Waals surface area (Å²) in [5.74, 6) is -0.0118. The summed E-state index contributed by atoms with van der Waals surface area (Å²) >= 11 is 5.14. The molecule has 1 aliphatic heterocycles. The van der Waals surface area contributed by atoms with Gasteiger partial charge in [0.15, 0.2) is 5.11 Å². The maximum Gasteiger partial charge on any atom is 0.276 e. The number of hydrogen-bond donors (Lipinski definition) is 1. The van der Waals surface area contributed by atoms with Crippen molar-refractivity contribution in [2.45, 2.75) is 32.6 Å². The molecule has 0 spiro atoms. The molecule has 1 amide bonds. The summed E-state index contributed by atoms with van der Waals surface area (Å²) in [5, 5.41) is 3.48. The zero-order chi connectivity index (χ0) is 12.7. The van der Waals surface area contributed by atoms with E-state index in [-0.39, 0.29) is 5.91 Å². The normalized spacial score (nSPS) is 18.0. The average Bonchev–Trinajstić information content (AvgIpc) is 2.57. The fraction of sp³-hybridized carbons (Fsp3) is 0.667. The third-order valence-electron chi connectivity index (χ3n) is 2.60. The molecular formula is C12H20N2O2S. The Kier molecular flexibility index (Phi) is 6.15. The summed E-state index contributed by atoms with van der Waals surface area (Å²) < 4.78 is 4.96. The molecule has 0 saturated carbocycles. The lowest BCUT2D eigenvalue weighted by Crippen LogP contribution is -2.32. The predicted octanol–water partition coefficient (Wildman–Crippen LogP) is 1.81. The summed E-state index contributed by atoms with van der Waals surface area (Å²) in [7, 11) is 1.65. The van der Waals surface area contributed by atoms with Gasteiger partial charge in [-0.3, -0.25) is 9.69 Å². The predicted molar refractivity (Wildman–Crippen MR) is 71.5 cm³/mol. The van der Waals surface area contributed by atoms with Crippen molar-refractivity contribution >= 4 is 23.2 Å². The number of nitrogens with zero attached hydrogens (tertiary/aromatic N) is 1. The van der Waals surface area contributed by atoms with Crippen molar-refractivity contribution in [1.82, 2.24) is 10.2 Å². The van der Waals surface area contributed by atoms with Crippen LogP contribution in [0.15, 0.2) is 11.8 Å². The van der Waals surface area contributed by atoms with Gasteiger partial charge in [0.25, 0.3) is 5.91 Å². The Labute approximate surface area is 108 Å². The largest absolute Gasteiger partial charge is 0.385 e. The van der Waals surface area contributed by atoms with Crippen molar-refractivity contribution in [3.63, 3.8) is 0 Å². The van der Waals surface area contributed by atoms with E-state index in [1.54, 1.807) is 12.0 Å². The number of amides is 1. The lowest BCUT2D eigenvalue weighted by Gasteiger charge is -2.12. The summed E-state index contributed by atoms with van der Waals surface area (Å²) in [6.07, 6.45) is 5.87. The highest BCUT2D eigenvalue weighted by Gasteiger charge is 2.29. The van der Waals surface area contributed by atoms with Crippen molar-refractivity contribution in [2.24, 2.45) is 0 Å². The summed E-state index contributed by atoms with van der Waals surface area (Å²) in [6.45, 7) is 3.38. The van der Waals surface area contributed by atoms with E-state index in [2.05, 4.69) is 12.2 Å². The zero-order valence-corrected chi connectivity index (χ0v) is 11.3. The van der Waals surface area contributed by atoms with Gasteiger partial charge in [-0.25, -0.2) is 0 Å². The highest BCUT2D eigenvalue weighted by Crippen LogP contribution is 2.12. The minimum absolute atomic E-state index is 0.0118. The van der Waals surface area contributed by atoms with Crippen molar-refractivity contribution < 1.29 is 9.53 Å². The Balaban J connectivity index is 2.49. The number of ether oxygens (including phenoxy) is 1. The van der Waals surface area contributed by atoms with E-state index in [1.807, 2.05) is 6.08 Å². The molecule has 4 nitrogen and oxygen atoms in total. The van der Waals surface area contributed by atoms with Crippen LogP contribution in [0.4, 0.5) is 0 Å². The van der Waals surface area contributed by atoms with E-state index >= 15 is 0 Å². The number of carbonyl (C=O) groups is 1. The fourth-order valence-electron chi connectivity index (χ4n) is 1.63. The molecule has 1 fully saturated rings. The maximum atomic E-state index is 12.0. The third kappa shape index (κ3) is 4.09. The second kappa shape index (κ2) is 7.40. The smallest absolute Gasteiger partial charge is 0.276 e. The van der Waals surface area contributed by atoms with Crippen LogP contribution in [-0.4, -0.2) is 36.2 Å². The van der Waals surface area contributed by atoms with Gasteiger partial charge in [-0.1, -0.05) is 19.4 Å². The zero-order valence-electron chi connectivity index (χ0n) is 10.5. The van der Waals surface area contributed by atoms with E-state index in [9.17, 15) is 4.79 Å². The molecule has 1 N–H and O–H groups in total. The van der Waals surface area contributed by atoms with Crippen molar-refractivity contribution in [1.29, 1.82) is 0 Å². The molecular weight excluding hydrogens is 236 g/mol. The van der Waals surface area contributed by atoms with Crippen molar-refractivity contribution in [3.8, 4) is 0 Å². The van der Waals surface area contributed by atoms with Gasteiger partial charge in [0, 0.05) is 20.3 Å². The molecule has 0 unspecified atom stereocenters. The van der Waals surface area contributed by atoms with Crippen LogP contribution in [0.1, 0.15) is 32.6 Å². The van der Waals surface area contributed by atoms with Crippen LogP contribution in [0.2, 0.25) is 0 Å². The van der Waals surface area contributed by atoms with E-state index in [4.69, 9.17) is 17.0 Å². The van der Waals surface area contributed by atoms with Crippen LogP contribution in [0.25, 0.3) is 0 Å². The summed E-state index contributed by atoms with van der Waals surface area (Å²) in [4.78, 5) is 13.6. The number of thiocarbonyl (C=S) groups is 1. The van der Waals surface area contributed by atoms with Crippen molar-refractivity contribution in [3.05, 3.63) is 11.8 Å². The van der Waals surface area contributed by atoms with E-state index < -0.39 is 0 Å². The molecule has 0 radical (unpaired) electrons.